The van der Waals surface area contributed by atoms with Crippen molar-refractivity contribution in [1.29, 1.82) is 0 Å². The first kappa shape index (κ1) is 11.2. The van der Waals surface area contributed by atoms with Crippen molar-refractivity contribution >= 4 is 0 Å². The van der Waals surface area contributed by atoms with Crippen LogP contribution in [0, 0.1) is 13.8 Å². The lowest BCUT2D eigenvalue weighted by molar-refractivity contribution is 0.391. The van der Waals surface area contributed by atoms with E-state index in [4.69, 9.17) is 4.52 Å². The smallest absolute Gasteiger partial charge is 0.137 e. The fraction of sp³-hybridized carbons (Fsp3) is 0.727. The summed E-state index contributed by atoms with van der Waals surface area (Å²) in [6.07, 6.45) is 0. The van der Waals surface area contributed by atoms with E-state index in [0.717, 1.165) is 18.0 Å². The first-order valence-electron chi connectivity index (χ1n) is 5.18. The van der Waals surface area contributed by atoms with E-state index in [0.29, 0.717) is 12.0 Å². The summed E-state index contributed by atoms with van der Waals surface area (Å²) in [5.41, 5.74) is 2.26. The molecule has 0 spiro atoms. The molecule has 1 atom stereocenters. The molecule has 1 rings (SSSR count). The van der Waals surface area contributed by atoms with E-state index < -0.39 is 0 Å². The van der Waals surface area contributed by atoms with Crippen LogP contribution in [-0.4, -0.2) is 17.7 Å². The summed E-state index contributed by atoms with van der Waals surface area (Å²) in [6.45, 7) is 11.4. The van der Waals surface area contributed by atoms with Gasteiger partial charge in [0.1, 0.15) is 5.76 Å². The summed E-state index contributed by atoms with van der Waals surface area (Å²) in [6, 6.07) is 0.526. The fourth-order valence-electron chi connectivity index (χ4n) is 1.71. The standard InChI is InChI=1S/C11H20N2O/c1-7(2)12-6-8(3)11-9(4)13-14-10(11)5/h7-8,12H,6H2,1-5H3. The van der Waals surface area contributed by atoms with Crippen molar-refractivity contribution < 1.29 is 4.52 Å². The number of hydrogen-bond acceptors (Lipinski definition) is 3. The molecule has 14 heavy (non-hydrogen) atoms. The third kappa shape index (κ3) is 2.58. The van der Waals surface area contributed by atoms with Crippen molar-refractivity contribution in [3.63, 3.8) is 0 Å². The summed E-state index contributed by atoms with van der Waals surface area (Å²) in [4.78, 5) is 0. The second-order valence-corrected chi connectivity index (χ2v) is 4.20. The van der Waals surface area contributed by atoms with E-state index in [1.807, 2.05) is 13.8 Å². The number of rotatable bonds is 4. The van der Waals surface area contributed by atoms with Crippen LogP contribution >= 0.6 is 0 Å². The molecule has 0 radical (unpaired) electrons. The molecule has 1 N–H and O–H groups in total. The maximum Gasteiger partial charge on any atom is 0.137 e. The van der Waals surface area contributed by atoms with Crippen LogP contribution in [0.15, 0.2) is 4.52 Å². The first-order valence-corrected chi connectivity index (χ1v) is 5.18. The highest BCUT2D eigenvalue weighted by molar-refractivity contribution is 5.25. The van der Waals surface area contributed by atoms with Crippen LogP contribution < -0.4 is 5.32 Å². The Hall–Kier alpha value is -0.830. The van der Waals surface area contributed by atoms with Gasteiger partial charge in [-0.3, -0.25) is 0 Å². The van der Waals surface area contributed by atoms with Crippen LogP contribution in [0.1, 0.15) is 43.7 Å². The average molecular weight is 196 g/mol. The Labute approximate surface area is 85.9 Å². The zero-order valence-electron chi connectivity index (χ0n) is 9.72. The molecular formula is C11H20N2O. The van der Waals surface area contributed by atoms with Gasteiger partial charge in [-0.25, -0.2) is 0 Å². The zero-order chi connectivity index (χ0) is 10.7. The summed E-state index contributed by atoms with van der Waals surface area (Å²) < 4.78 is 5.15. The maximum absolute atomic E-state index is 5.15. The van der Waals surface area contributed by atoms with Gasteiger partial charge in [-0.1, -0.05) is 25.9 Å². The van der Waals surface area contributed by atoms with E-state index in [9.17, 15) is 0 Å². The Morgan fingerprint density at radius 1 is 1.29 bits per heavy atom. The molecule has 0 aromatic carbocycles. The highest BCUT2D eigenvalue weighted by atomic mass is 16.5. The number of nitrogens with zero attached hydrogens (tertiary/aromatic N) is 1. The van der Waals surface area contributed by atoms with Gasteiger partial charge >= 0.3 is 0 Å². The lowest BCUT2D eigenvalue weighted by atomic mass is 9.99. The van der Waals surface area contributed by atoms with Crippen LogP contribution in [0.4, 0.5) is 0 Å². The Bertz CT molecular complexity index is 272. The van der Waals surface area contributed by atoms with Gasteiger partial charge in [0.2, 0.25) is 0 Å². The van der Waals surface area contributed by atoms with Gasteiger partial charge in [-0.05, 0) is 19.8 Å². The monoisotopic (exact) mass is 196 g/mol. The number of hydrogen-bond donors (Lipinski definition) is 1. The lowest BCUT2D eigenvalue weighted by Gasteiger charge is -2.14. The topological polar surface area (TPSA) is 38.1 Å². The van der Waals surface area contributed by atoms with Crippen molar-refractivity contribution in [3.8, 4) is 0 Å². The van der Waals surface area contributed by atoms with Crippen LogP contribution in [0.3, 0.4) is 0 Å². The molecule has 1 unspecified atom stereocenters. The first-order chi connectivity index (χ1) is 6.52. The molecule has 0 aliphatic carbocycles. The van der Waals surface area contributed by atoms with Crippen molar-refractivity contribution in [2.45, 2.75) is 46.6 Å². The van der Waals surface area contributed by atoms with Crippen LogP contribution in [0.5, 0.6) is 0 Å². The second-order valence-electron chi connectivity index (χ2n) is 4.20. The third-order valence-corrected chi connectivity index (χ3v) is 2.41. The number of aryl methyl sites for hydroxylation is 2. The van der Waals surface area contributed by atoms with E-state index in [2.05, 4.69) is 31.2 Å². The minimum Gasteiger partial charge on any atom is -0.361 e. The normalized spacial score (nSPS) is 13.6. The molecule has 0 aliphatic heterocycles. The summed E-state index contributed by atoms with van der Waals surface area (Å²) in [7, 11) is 0. The Morgan fingerprint density at radius 3 is 2.36 bits per heavy atom. The van der Waals surface area contributed by atoms with Gasteiger partial charge < -0.3 is 9.84 Å². The fourth-order valence-corrected chi connectivity index (χ4v) is 1.71. The molecular weight excluding hydrogens is 176 g/mol. The molecule has 0 saturated carbocycles. The molecule has 0 fully saturated rings. The second kappa shape index (κ2) is 4.60. The van der Waals surface area contributed by atoms with Crippen LogP contribution in [-0.2, 0) is 0 Å². The van der Waals surface area contributed by atoms with Gasteiger partial charge in [0.05, 0.1) is 5.69 Å². The van der Waals surface area contributed by atoms with Crippen molar-refractivity contribution in [1.82, 2.24) is 10.5 Å². The predicted octanol–water partition coefficient (Wildman–Crippen LogP) is 2.39. The highest BCUT2D eigenvalue weighted by Gasteiger charge is 2.15. The molecule has 80 valence electrons. The minimum absolute atomic E-state index is 0.462. The minimum atomic E-state index is 0.462. The maximum atomic E-state index is 5.15. The SMILES string of the molecule is Cc1noc(C)c1C(C)CNC(C)C. The third-order valence-electron chi connectivity index (χ3n) is 2.41. The number of nitrogens with one attached hydrogen (secondary N) is 1. The molecule has 3 heteroatoms. The summed E-state index contributed by atoms with van der Waals surface area (Å²) in [5.74, 6) is 1.41. The Kier molecular flexibility index (Phi) is 3.69. The van der Waals surface area contributed by atoms with Gasteiger partial charge in [-0.2, -0.15) is 0 Å². The summed E-state index contributed by atoms with van der Waals surface area (Å²) in [5, 5.41) is 7.38. The molecule has 1 aromatic rings. The number of aromatic nitrogens is 1. The molecule has 0 amide bonds. The zero-order valence-corrected chi connectivity index (χ0v) is 9.72. The van der Waals surface area contributed by atoms with Gasteiger partial charge in [0.15, 0.2) is 0 Å². The quantitative estimate of drug-likeness (QED) is 0.803. The predicted molar refractivity (Wildman–Crippen MR) is 57.5 cm³/mol. The van der Waals surface area contributed by atoms with Crippen LogP contribution in [0.2, 0.25) is 0 Å². The molecule has 0 aliphatic rings. The molecule has 3 nitrogen and oxygen atoms in total. The van der Waals surface area contributed by atoms with Crippen molar-refractivity contribution in [2.24, 2.45) is 0 Å². The van der Waals surface area contributed by atoms with E-state index in [1.54, 1.807) is 0 Å². The van der Waals surface area contributed by atoms with Gasteiger partial charge in [0.25, 0.3) is 0 Å². The Balaban J connectivity index is 2.64. The van der Waals surface area contributed by atoms with E-state index in [1.165, 1.54) is 5.56 Å². The highest BCUT2D eigenvalue weighted by Crippen LogP contribution is 2.22. The summed E-state index contributed by atoms with van der Waals surface area (Å²) >= 11 is 0. The van der Waals surface area contributed by atoms with Crippen molar-refractivity contribution in [2.75, 3.05) is 6.54 Å². The van der Waals surface area contributed by atoms with Crippen molar-refractivity contribution in [3.05, 3.63) is 17.0 Å². The molecule has 1 aromatic heterocycles. The molecule has 1 heterocycles. The Morgan fingerprint density at radius 2 is 1.93 bits per heavy atom. The molecule has 0 bridgehead atoms. The average Bonchev–Trinajstić information content (AvgIpc) is 2.42. The molecule has 0 saturated heterocycles. The largest absolute Gasteiger partial charge is 0.361 e. The van der Waals surface area contributed by atoms with Gasteiger partial charge in [-0.15, -0.1) is 0 Å². The van der Waals surface area contributed by atoms with Crippen LogP contribution in [0.25, 0.3) is 0 Å². The lowest BCUT2D eigenvalue weighted by Crippen LogP contribution is -2.27. The van der Waals surface area contributed by atoms with E-state index >= 15 is 0 Å². The van der Waals surface area contributed by atoms with E-state index in [-0.39, 0.29) is 0 Å². The van der Waals surface area contributed by atoms with Gasteiger partial charge in [0, 0.05) is 18.2 Å².